The van der Waals surface area contributed by atoms with E-state index in [0.29, 0.717) is 0 Å². The van der Waals surface area contributed by atoms with Crippen molar-refractivity contribution in [3.8, 4) is 9.94 Å². The van der Waals surface area contributed by atoms with Crippen LogP contribution in [0.3, 0.4) is 0 Å². The first-order valence-corrected chi connectivity index (χ1v) is 7.40. The summed E-state index contributed by atoms with van der Waals surface area (Å²) in [4.78, 5) is 5.92. The molecule has 15 heavy (non-hydrogen) atoms. The molecule has 0 aliphatic heterocycles. The van der Waals surface area contributed by atoms with E-state index in [0.717, 1.165) is 10.0 Å². The number of rotatable bonds is 3. The Labute approximate surface area is 99.7 Å². The summed E-state index contributed by atoms with van der Waals surface area (Å²) in [5.41, 5.74) is 0.829. The number of hydrogen-bond donors (Lipinski definition) is 0. The van der Waals surface area contributed by atoms with Crippen LogP contribution in [-0.2, 0) is 0 Å². The number of nitrogens with zero attached hydrogens (tertiary/aromatic N) is 2. The zero-order chi connectivity index (χ0) is 11.1. The first-order chi connectivity index (χ1) is 7.27. The zero-order valence-corrected chi connectivity index (χ0v) is 10.9. The van der Waals surface area contributed by atoms with Gasteiger partial charge in [-0.05, 0) is 0 Å². The number of hydrogen-bond acceptors (Lipinski definition) is 2. The quantitative estimate of drug-likeness (QED) is 0.789. The Morgan fingerprint density at radius 3 is 2.40 bits per heavy atom. The molecule has 2 nitrogen and oxygen atoms in total. The molecule has 0 bridgehead atoms. The van der Waals surface area contributed by atoms with Crippen molar-refractivity contribution < 1.29 is 4.39 Å². The summed E-state index contributed by atoms with van der Waals surface area (Å²) in [6.07, 6.45) is 0. The minimum atomic E-state index is -0.309. The third-order valence-corrected chi connectivity index (χ3v) is 4.62. The van der Waals surface area contributed by atoms with Gasteiger partial charge in [0, 0.05) is 0 Å². The maximum atomic E-state index is 12.7. The molecule has 0 atom stereocenters. The second kappa shape index (κ2) is 6.40. The second-order valence-corrected chi connectivity index (χ2v) is 5.50. The van der Waals surface area contributed by atoms with Crippen LogP contribution in [0.15, 0.2) is 29.2 Å². The fourth-order valence-electron chi connectivity index (χ4n) is 0.894. The summed E-state index contributed by atoms with van der Waals surface area (Å²) in [7, 11) is 0. The fraction of sp³-hybridized carbons (Fsp3) is 0. The Morgan fingerprint density at radius 2 is 1.87 bits per heavy atom. The van der Waals surface area contributed by atoms with E-state index in [9.17, 15) is 4.39 Å². The van der Waals surface area contributed by atoms with Gasteiger partial charge >= 0.3 is 99.9 Å². The predicted octanol–water partition coefficient (Wildman–Crippen LogP) is 1.49. The molecule has 0 radical (unpaired) electrons. The van der Waals surface area contributed by atoms with E-state index < -0.39 is 0 Å². The Hall–Kier alpha value is -1.09. The topological polar surface area (TPSA) is 47.6 Å². The predicted molar refractivity (Wildman–Crippen MR) is 57.1 cm³/mol. The van der Waals surface area contributed by atoms with Crippen molar-refractivity contribution in [2.45, 2.75) is 0 Å². The van der Waals surface area contributed by atoms with Crippen molar-refractivity contribution in [1.29, 1.82) is 10.5 Å². The maximum absolute atomic E-state index is 12.7. The van der Waals surface area contributed by atoms with E-state index in [2.05, 4.69) is 9.94 Å². The van der Waals surface area contributed by atoms with Crippen molar-refractivity contribution in [2.75, 3.05) is 0 Å². The molecule has 5 heteroatoms. The average molecular weight is 330 g/mol. The molecule has 0 aliphatic carbocycles. The second-order valence-electron chi connectivity index (χ2n) is 2.39. The van der Waals surface area contributed by atoms with Crippen LogP contribution in [0.2, 0.25) is 0 Å². The molecule has 0 saturated heterocycles. The molecule has 0 N–H and O–H groups in total. The number of nitriles is 2. The van der Waals surface area contributed by atoms with Crippen LogP contribution in [0.25, 0.3) is 4.47 Å². The van der Waals surface area contributed by atoms with Crippen LogP contribution in [0.1, 0.15) is 5.56 Å². The van der Waals surface area contributed by atoms with E-state index >= 15 is 0 Å². The van der Waals surface area contributed by atoms with Crippen LogP contribution in [-0.4, -0.2) is 29.9 Å². The van der Waals surface area contributed by atoms with Crippen molar-refractivity contribution in [1.82, 2.24) is 0 Å². The Morgan fingerprint density at radius 1 is 1.20 bits per heavy atom. The minimum absolute atomic E-state index is 0.248. The van der Waals surface area contributed by atoms with E-state index in [1.807, 2.05) is 0 Å². The Balaban J connectivity index is 2.96. The van der Waals surface area contributed by atoms with Gasteiger partial charge in [-0.2, -0.15) is 0 Å². The monoisotopic (exact) mass is 332 g/mol. The van der Waals surface area contributed by atoms with Crippen LogP contribution >= 0.6 is 0 Å². The van der Waals surface area contributed by atoms with E-state index in [-0.39, 0.29) is 35.7 Å². The van der Waals surface area contributed by atoms with Gasteiger partial charge in [-0.3, -0.25) is 0 Å². The van der Waals surface area contributed by atoms with Crippen molar-refractivity contribution in [2.24, 2.45) is 0 Å². The fourth-order valence-corrected chi connectivity index (χ4v) is 3.40. The molecule has 1 aromatic rings. The van der Waals surface area contributed by atoms with Crippen LogP contribution < -0.4 is 0 Å². The first kappa shape index (κ1) is 12.0. The molecule has 0 spiro atoms. The van der Waals surface area contributed by atoms with Gasteiger partial charge in [0.1, 0.15) is 0 Å². The third kappa shape index (κ3) is 3.88. The molecule has 74 valence electrons. The summed E-state index contributed by atoms with van der Waals surface area (Å²) in [6.45, 7) is 0. The number of benzene rings is 1. The normalized spacial score (nSPS) is 10.5. The van der Waals surface area contributed by atoms with Gasteiger partial charge in [0.05, 0.1) is 0 Å². The summed E-state index contributed by atoms with van der Waals surface area (Å²) in [6, 6.07) is 5.98. The van der Waals surface area contributed by atoms with Gasteiger partial charge in [0.25, 0.3) is 0 Å². The molecular formula is C10H5FN2Se2. The van der Waals surface area contributed by atoms with Crippen molar-refractivity contribution in [3.63, 3.8) is 0 Å². The van der Waals surface area contributed by atoms with Gasteiger partial charge < -0.3 is 0 Å². The molecule has 0 aliphatic rings. The van der Waals surface area contributed by atoms with Crippen LogP contribution in [0.4, 0.5) is 4.39 Å². The van der Waals surface area contributed by atoms with E-state index in [4.69, 9.17) is 10.5 Å². The van der Waals surface area contributed by atoms with Crippen LogP contribution in [0.5, 0.6) is 0 Å². The third-order valence-electron chi connectivity index (χ3n) is 1.50. The van der Waals surface area contributed by atoms with Crippen molar-refractivity contribution in [3.05, 3.63) is 40.6 Å². The summed E-state index contributed by atoms with van der Waals surface area (Å²) in [5.74, 6) is -0.298. The molecule has 0 heterocycles. The SMILES string of the molecule is N#C[Se]/C=C(/[Se]C#N)c1ccc(F)cc1. The number of halogens is 1. The molecule has 1 aromatic carbocycles. The van der Waals surface area contributed by atoms with Gasteiger partial charge in [-0.1, -0.05) is 0 Å². The summed E-state index contributed by atoms with van der Waals surface area (Å²) in [5, 5.41) is 17.1. The zero-order valence-electron chi connectivity index (χ0n) is 7.48. The Kier molecular flexibility index (Phi) is 5.11. The van der Waals surface area contributed by atoms with Crippen molar-refractivity contribution >= 4 is 34.4 Å². The molecule has 0 fully saturated rings. The van der Waals surface area contributed by atoms with Crippen LogP contribution in [0, 0.1) is 26.3 Å². The van der Waals surface area contributed by atoms with Gasteiger partial charge in [0.15, 0.2) is 0 Å². The molecule has 0 amide bonds. The average Bonchev–Trinajstić information content (AvgIpc) is 2.25. The molecule has 1 rings (SSSR count). The van der Waals surface area contributed by atoms with E-state index in [1.54, 1.807) is 17.1 Å². The summed E-state index contributed by atoms with van der Waals surface area (Å²) < 4.78 is 13.5. The molecular weight excluding hydrogens is 325 g/mol. The molecule has 0 aromatic heterocycles. The summed E-state index contributed by atoms with van der Waals surface area (Å²) >= 11 is -0.557. The Bertz CT molecular complexity index is 440. The molecule has 0 unspecified atom stereocenters. The van der Waals surface area contributed by atoms with Gasteiger partial charge in [0.2, 0.25) is 0 Å². The first-order valence-electron chi connectivity index (χ1n) is 3.84. The van der Waals surface area contributed by atoms with E-state index in [1.165, 1.54) is 12.1 Å². The van der Waals surface area contributed by atoms with Gasteiger partial charge in [-0.15, -0.1) is 0 Å². The standard InChI is InChI=1S/C10H5FN2Se2/c11-9-3-1-8(2-4-9)10(15-7-13)5-14-6-12/h1-5H/b10-5+. The van der Waals surface area contributed by atoms with Gasteiger partial charge in [-0.25, -0.2) is 0 Å². The molecule has 0 saturated carbocycles.